The van der Waals surface area contributed by atoms with Crippen LogP contribution in [0.1, 0.15) is 48.6 Å². The summed E-state index contributed by atoms with van der Waals surface area (Å²) in [6, 6.07) is 14.0. The molecule has 0 spiro atoms. The van der Waals surface area contributed by atoms with Crippen LogP contribution >= 0.6 is 0 Å². The molecule has 0 amide bonds. The van der Waals surface area contributed by atoms with Crippen LogP contribution in [0.15, 0.2) is 42.5 Å². The molecule has 23 heavy (non-hydrogen) atoms. The highest BCUT2D eigenvalue weighted by atomic mass is 16.4. The Bertz CT molecular complexity index is 744. The van der Waals surface area contributed by atoms with Crippen LogP contribution in [0.4, 0.5) is 0 Å². The zero-order valence-electron chi connectivity index (χ0n) is 14.5. The number of hydrogen-bond acceptors (Lipinski definition) is 1. The highest BCUT2D eigenvalue weighted by Gasteiger charge is 2.15. The van der Waals surface area contributed by atoms with Gasteiger partial charge in [0.15, 0.2) is 0 Å². The maximum Gasteiger partial charge on any atom is 0.336 e. The SMILES string of the molecule is Cc1ccc(C)c(/C(=C/c2ccc(C(C)(C)C)cc2)C(=O)O)c1. The summed E-state index contributed by atoms with van der Waals surface area (Å²) in [5.74, 6) is -0.904. The molecule has 120 valence electrons. The molecule has 0 aliphatic rings. The number of aliphatic carboxylic acids is 1. The maximum absolute atomic E-state index is 11.7. The van der Waals surface area contributed by atoms with Crippen LogP contribution in [0, 0.1) is 13.8 Å². The van der Waals surface area contributed by atoms with Crippen LogP contribution in [-0.4, -0.2) is 11.1 Å². The van der Waals surface area contributed by atoms with Gasteiger partial charge in [-0.3, -0.25) is 0 Å². The van der Waals surface area contributed by atoms with Crippen molar-refractivity contribution < 1.29 is 9.90 Å². The van der Waals surface area contributed by atoms with E-state index in [1.54, 1.807) is 6.08 Å². The summed E-state index contributed by atoms with van der Waals surface area (Å²) in [5, 5.41) is 9.62. The van der Waals surface area contributed by atoms with Crippen molar-refractivity contribution in [2.75, 3.05) is 0 Å². The third kappa shape index (κ3) is 4.10. The van der Waals surface area contributed by atoms with E-state index in [9.17, 15) is 9.90 Å². The lowest BCUT2D eigenvalue weighted by Gasteiger charge is -2.18. The van der Waals surface area contributed by atoms with Crippen LogP contribution in [0.25, 0.3) is 11.6 Å². The topological polar surface area (TPSA) is 37.3 Å². The van der Waals surface area contributed by atoms with Crippen molar-refractivity contribution in [1.29, 1.82) is 0 Å². The van der Waals surface area contributed by atoms with Crippen LogP contribution in [-0.2, 0) is 10.2 Å². The molecule has 0 radical (unpaired) electrons. The first-order chi connectivity index (χ1) is 10.7. The van der Waals surface area contributed by atoms with Gasteiger partial charge in [0.1, 0.15) is 0 Å². The number of hydrogen-bond donors (Lipinski definition) is 1. The van der Waals surface area contributed by atoms with Crippen molar-refractivity contribution in [2.45, 2.75) is 40.0 Å². The Morgan fingerprint density at radius 1 is 1.00 bits per heavy atom. The smallest absolute Gasteiger partial charge is 0.336 e. The molecule has 0 aliphatic heterocycles. The molecule has 0 fully saturated rings. The highest BCUT2D eigenvalue weighted by molar-refractivity contribution is 6.21. The first kappa shape index (κ1) is 17.0. The lowest BCUT2D eigenvalue weighted by molar-refractivity contribution is -0.130. The summed E-state index contributed by atoms with van der Waals surface area (Å²) < 4.78 is 0. The highest BCUT2D eigenvalue weighted by Crippen LogP contribution is 2.26. The predicted molar refractivity (Wildman–Crippen MR) is 96.6 cm³/mol. The Balaban J connectivity index is 2.48. The Hall–Kier alpha value is -2.35. The van der Waals surface area contributed by atoms with Crippen molar-refractivity contribution in [2.24, 2.45) is 0 Å². The molecule has 2 aromatic rings. The predicted octanol–water partition coefficient (Wildman–Crippen LogP) is 5.23. The molecule has 0 aromatic heterocycles. The number of carboxylic acids is 1. The first-order valence-corrected chi connectivity index (χ1v) is 7.81. The van der Waals surface area contributed by atoms with Crippen molar-refractivity contribution in [3.05, 3.63) is 70.3 Å². The van der Waals surface area contributed by atoms with E-state index in [-0.39, 0.29) is 5.41 Å². The molecule has 0 atom stereocenters. The summed E-state index contributed by atoms with van der Waals surface area (Å²) in [5.41, 5.74) is 5.35. The van der Waals surface area contributed by atoms with Crippen LogP contribution < -0.4 is 0 Å². The molecule has 1 N–H and O–H groups in total. The zero-order chi connectivity index (χ0) is 17.2. The zero-order valence-corrected chi connectivity index (χ0v) is 14.5. The number of aryl methyl sites for hydroxylation is 2. The fourth-order valence-electron chi connectivity index (χ4n) is 2.53. The summed E-state index contributed by atoms with van der Waals surface area (Å²) >= 11 is 0. The normalized spacial score (nSPS) is 12.3. The number of carbonyl (C=O) groups is 1. The van der Waals surface area contributed by atoms with Gasteiger partial charge in [-0.2, -0.15) is 0 Å². The molecule has 2 aromatic carbocycles. The number of rotatable bonds is 3. The fraction of sp³-hybridized carbons (Fsp3) is 0.286. The van der Waals surface area contributed by atoms with E-state index in [1.807, 2.05) is 44.2 Å². The van der Waals surface area contributed by atoms with Gasteiger partial charge in [0.25, 0.3) is 0 Å². The van der Waals surface area contributed by atoms with Gasteiger partial charge in [-0.05, 0) is 47.6 Å². The summed E-state index contributed by atoms with van der Waals surface area (Å²) in [7, 11) is 0. The van der Waals surface area contributed by atoms with Crippen LogP contribution in [0.2, 0.25) is 0 Å². The molecule has 0 heterocycles. The molecule has 0 saturated heterocycles. The quantitative estimate of drug-likeness (QED) is 0.623. The minimum Gasteiger partial charge on any atom is -0.478 e. The third-order valence-corrected chi connectivity index (χ3v) is 4.00. The van der Waals surface area contributed by atoms with Crippen LogP contribution in [0.3, 0.4) is 0 Å². The Morgan fingerprint density at radius 2 is 1.61 bits per heavy atom. The van der Waals surface area contributed by atoms with Crippen LogP contribution in [0.5, 0.6) is 0 Å². The number of benzene rings is 2. The lowest BCUT2D eigenvalue weighted by atomic mass is 9.86. The average molecular weight is 308 g/mol. The Morgan fingerprint density at radius 3 is 2.13 bits per heavy atom. The second kappa shape index (κ2) is 6.41. The van der Waals surface area contributed by atoms with Gasteiger partial charge in [0.05, 0.1) is 5.57 Å². The summed E-state index contributed by atoms with van der Waals surface area (Å²) in [6.07, 6.45) is 1.75. The van der Waals surface area contributed by atoms with Crippen molar-refractivity contribution in [3.8, 4) is 0 Å². The molecule has 2 nitrogen and oxygen atoms in total. The molecule has 0 unspecified atom stereocenters. The minimum absolute atomic E-state index is 0.0883. The van der Waals surface area contributed by atoms with E-state index in [4.69, 9.17) is 0 Å². The van der Waals surface area contributed by atoms with Gasteiger partial charge >= 0.3 is 5.97 Å². The summed E-state index contributed by atoms with van der Waals surface area (Å²) in [6.45, 7) is 10.4. The number of carboxylic acid groups (broad SMARTS) is 1. The standard InChI is InChI=1S/C21H24O2/c1-14-6-7-15(2)18(12-14)19(20(22)23)13-16-8-10-17(11-9-16)21(3,4)5/h6-13H,1-5H3,(H,22,23)/b19-13-. The largest absolute Gasteiger partial charge is 0.478 e. The molecular formula is C21H24O2. The van der Waals surface area contributed by atoms with Gasteiger partial charge in [0.2, 0.25) is 0 Å². The Labute approximate surface area is 138 Å². The van der Waals surface area contributed by atoms with E-state index >= 15 is 0 Å². The summed E-state index contributed by atoms with van der Waals surface area (Å²) in [4.78, 5) is 11.7. The van der Waals surface area contributed by atoms with E-state index in [0.29, 0.717) is 5.57 Å². The van der Waals surface area contributed by atoms with Gasteiger partial charge < -0.3 is 5.11 Å². The van der Waals surface area contributed by atoms with Crippen molar-refractivity contribution in [3.63, 3.8) is 0 Å². The van der Waals surface area contributed by atoms with Gasteiger partial charge in [0, 0.05) is 0 Å². The van der Waals surface area contributed by atoms with Crippen molar-refractivity contribution >= 4 is 17.6 Å². The monoisotopic (exact) mass is 308 g/mol. The lowest BCUT2D eigenvalue weighted by Crippen LogP contribution is -2.10. The molecule has 0 bridgehead atoms. The average Bonchev–Trinajstić information content (AvgIpc) is 2.47. The van der Waals surface area contributed by atoms with Gasteiger partial charge in [-0.1, -0.05) is 68.8 Å². The third-order valence-electron chi connectivity index (χ3n) is 4.00. The van der Waals surface area contributed by atoms with E-state index in [0.717, 1.165) is 22.3 Å². The first-order valence-electron chi connectivity index (χ1n) is 7.81. The minimum atomic E-state index is -0.904. The molecule has 2 rings (SSSR count). The van der Waals surface area contributed by atoms with Gasteiger partial charge in [-0.15, -0.1) is 0 Å². The second-order valence-corrected chi connectivity index (χ2v) is 7.05. The van der Waals surface area contributed by atoms with E-state index in [2.05, 4.69) is 32.9 Å². The molecular weight excluding hydrogens is 284 g/mol. The second-order valence-electron chi connectivity index (χ2n) is 7.05. The molecule has 2 heteroatoms. The molecule has 0 saturated carbocycles. The fourth-order valence-corrected chi connectivity index (χ4v) is 2.53. The van der Waals surface area contributed by atoms with E-state index in [1.165, 1.54) is 5.56 Å². The molecule has 0 aliphatic carbocycles. The van der Waals surface area contributed by atoms with Crippen molar-refractivity contribution in [1.82, 2.24) is 0 Å². The maximum atomic E-state index is 11.7. The van der Waals surface area contributed by atoms with Gasteiger partial charge in [-0.25, -0.2) is 4.79 Å². The Kier molecular flexibility index (Phi) is 4.74. The van der Waals surface area contributed by atoms with E-state index < -0.39 is 5.97 Å².